The van der Waals surface area contributed by atoms with Crippen molar-refractivity contribution in [1.29, 1.82) is 0 Å². The molecule has 0 radical (unpaired) electrons. The third kappa shape index (κ3) is 39.7. The number of nitrogens with one attached hydrogen (secondary N) is 1. The molecule has 13 rings (SSSR count). The van der Waals surface area contributed by atoms with E-state index in [4.69, 9.17) is 58.3 Å². The van der Waals surface area contributed by atoms with Crippen molar-refractivity contribution in [2.24, 2.45) is 5.41 Å². The predicted molar refractivity (Wildman–Crippen MR) is 631 cm³/mol. The standard InChI is InChI=1S/C17H23N3.C17H30N2.C16H23N3O.C14H21NS.C13H20N2S.C12H21N3.C12H19N3.C10H15F2N3.C9H15N3.CH4/c1-11-6-8-13(9-7-11)10-14-12(2)19-16(18)20-15(14)17(3,4)5;1-8-9-10-11-14-18-13(4)15(12(2)3)16(19-14)17(5,6)7;1-16(2,3)15-12-8-7-11(20-6)9-13(12)17-14(18-15)10-19(4)5;1-9-7-14(5,6)8-10-11(9)16-12(15-10)13(2,3)4;1-8-10-9(7-13(5,6)15-8)14-11(16-10)12(2,3)4;1-7(2)9-8(3)14-11(13)15-10(9)12(4,5)6;1-6-7-9-8(2)14-11(13)15-10(9)12(3,4)5;1-9(2,3)8-14-5-6(7(13)15-8)10(4,11)12;1-6-5-7(9(2,3)4)12-8(10)11-6;/h6-9H,10H2,1-5H3,(H2,18,19,20);12H,8-11H2,1-7H3;7-9H,10H2,1-6H3;1,7-8H2,2-6H3;15H,1,7H2,2-6H3;7H,1-6H3,(H2,13,14,15);6H,1,7H2,2-5H3,(H2,13,14,15);5H,1-4H3,(H2,13,14,15);5H,1-4H3,(H2,10,11,12);1H4. The van der Waals surface area contributed by atoms with E-state index in [-0.39, 0.29) is 73.1 Å². The Hall–Kier alpha value is -10.8. The number of nitrogen functional groups attached to an aromatic ring is 5. The summed E-state index contributed by atoms with van der Waals surface area (Å²) in [7, 11) is 5.72. The first-order chi connectivity index (χ1) is 67.3. The number of fused-ring (bicyclic) bond motifs is 3. The molecule has 2 aliphatic rings. The van der Waals surface area contributed by atoms with Crippen LogP contribution in [-0.4, -0.2) is 111 Å². The van der Waals surface area contributed by atoms with Crippen LogP contribution in [0.3, 0.4) is 0 Å². The molecule has 2 aromatic carbocycles. The summed E-state index contributed by atoms with van der Waals surface area (Å²) in [4.78, 5) is 75.3. The summed E-state index contributed by atoms with van der Waals surface area (Å²) in [5.74, 6) is 2.38. The highest BCUT2D eigenvalue weighted by molar-refractivity contribution is 7.13. The normalized spacial score (nSPS) is 13.6. The Kier molecular flexibility index (Phi) is 45.5. The summed E-state index contributed by atoms with van der Waals surface area (Å²) >= 11 is 3.62. The summed E-state index contributed by atoms with van der Waals surface area (Å²) < 4.78 is 31.3. The minimum absolute atomic E-state index is 0. The lowest BCUT2D eigenvalue weighted by atomic mass is 9.77. The maximum Gasteiger partial charge on any atom is 0.275 e. The maximum absolute atomic E-state index is 13.0. The second-order valence-electron chi connectivity index (χ2n) is 51.2. The van der Waals surface area contributed by atoms with Crippen molar-refractivity contribution in [1.82, 2.24) is 90.0 Å². The molecule has 0 bridgehead atoms. The number of benzene rings is 2. The zero-order valence-corrected chi connectivity index (χ0v) is 101. The largest absolute Gasteiger partial charge is 0.497 e. The quantitative estimate of drug-likeness (QED) is 0.0435. The topological polar surface area (TPSA) is 361 Å². The molecule has 0 amide bonds. The van der Waals surface area contributed by atoms with Gasteiger partial charge in [-0.1, -0.05) is 305 Å². The van der Waals surface area contributed by atoms with Gasteiger partial charge in [-0.2, -0.15) is 0 Å². The van der Waals surface area contributed by atoms with Gasteiger partial charge in [0.2, 0.25) is 23.8 Å². The van der Waals surface area contributed by atoms with E-state index < -0.39 is 5.92 Å². The van der Waals surface area contributed by atoms with Crippen LogP contribution in [0.5, 0.6) is 5.75 Å². The van der Waals surface area contributed by atoms with Crippen LogP contribution in [-0.2, 0) is 93.3 Å². The number of methoxy groups -OCH3 is 1. The summed E-state index contributed by atoms with van der Waals surface area (Å²) in [6.45, 7) is 104. The van der Waals surface area contributed by atoms with Gasteiger partial charge in [0.25, 0.3) is 5.92 Å². The number of thiazole rings is 2. The van der Waals surface area contributed by atoms with E-state index in [9.17, 15) is 8.78 Å². The smallest absolute Gasteiger partial charge is 0.275 e. The Morgan fingerprint density at radius 1 is 0.483 bits per heavy atom. The summed E-state index contributed by atoms with van der Waals surface area (Å²) in [6.07, 6.45) is 12.5. The van der Waals surface area contributed by atoms with E-state index in [1.54, 1.807) is 18.4 Å². The molecule has 0 atom stereocenters. The molecule has 822 valence electrons. The Balaban J connectivity index is 0.000000350. The van der Waals surface area contributed by atoms with Gasteiger partial charge >= 0.3 is 0 Å². The van der Waals surface area contributed by atoms with Crippen LogP contribution in [0.2, 0.25) is 0 Å². The molecule has 0 fully saturated rings. The number of ether oxygens (including phenoxy) is 1. The first kappa shape index (κ1) is 130. The van der Waals surface area contributed by atoms with E-state index in [1.807, 2.05) is 104 Å². The van der Waals surface area contributed by atoms with Crippen LogP contribution in [0.15, 0.2) is 80.5 Å². The van der Waals surface area contributed by atoms with Crippen LogP contribution in [0.4, 0.5) is 38.4 Å². The van der Waals surface area contributed by atoms with Crippen LogP contribution >= 0.6 is 22.7 Å². The number of allylic oxidation sites excluding steroid dienone is 2. The fraction of sp³-hybridized carbons (Fsp3) is 0.587. The lowest BCUT2D eigenvalue weighted by Gasteiger charge is -2.32. The molecule has 0 spiro atoms. The second kappa shape index (κ2) is 52.0. The van der Waals surface area contributed by atoms with Crippen molar-refractivity contribution in [3.8, 4) is 5.75 Å². The number of anilines is 5. The zero-order chi connectivity index (χ0) is 113. The molecular weight excluding hydrogens is 1890 g/mol. The van der Waals surface area contributed by atoms with Gasteiger partial charge in [-0.05, 0) is 164 Å². The molecule has 11 N–H and O–H groups in total. The second-order valence-corrected chi connectivity index (χ2v) is 53.2. The fourth-order valence-corrected chi connectivity index (χ4v) is 19.1. The molecule has 1 aliphatic heterocycles. The van der Waals surface area contributed by atoms with Crippen LogP contribution in [0.1, 0.15) is 451 Å². The Morgan fingerprint density at radius 2 is 0.933 bits per heavy atom. The van der Waals surface area contributed by atoms with Crippen LogP contribution in [0.25, 0.3) is 22.2 Å². The lowest BCUT2D eigenvalue weighted by molar-refractivity contribution is 0.0175. The minimum atomic E-state index is -3.00. The number of nitrogens with zero attached hydrogens (tertiary/aromatic N) is 17. The molecule has 0 saturated heterocycles. The van der Waals surface area contributed by atoms with E-state index in [0.717, 1.165) is 149 Å². The van der Waals surface area contributed by atoms with Crippen molar-refractivity contribution < 1.29 is 13.5 Å². The van der Waals surface area contributed by atoms with E-state index in [0.29, 0.717) is 46.9 Å². The van der Waals surface area contributed by atoms with Crippen molar-refractivity contribution in [2.75, 3.05) is 49.9 Å². The predicted octanol–water partition coefficient (Wildman–Crippen LogP) is 29.2. The number of aryl methyl sites for hydroxylation is 7. The van der Waals surface area contributed by atoms with E-state index in [1.165, 1.54) is 95.2 Å². The van der Waals surface area contributed by atoms with Gasteiger partial charge in [-0.3, -0.25) is 0 Å². The molecular formula is C121H191F2N23OS2. The third-order valence-corrected chi connectivity index (χ3v) is 27.3. The number of hydrogen-bond donors (Lipinski definition) is 6. The van der Waals surface area contributed by atoms with E-state index >= 15 is 0 Å². The van der Waals surface area contributed by atoms with E-state index in [2.05, 4.69) is 351 Å². The van der Waals surface area contributed by atoms with Gasteiger partial charge in [0.05, 0.1) is 90.1 Å². The Morgan fingerprint density at radius 3 is 1.37 bits per heavy atom. The third-order valence-electron chi connectivity index (χ3n) is 24.1. The van der Waals surface area contributed by atoms with Gasteiger partial charge in [-0.15, -0.1) is 29.3 Å². The number of unbranched alkanes of at least 4 members (excludes halogenated alkanes) is 2. The highest BCUT2D eigenvalue weighted by atomic mass is 32.1. The summed E-state index contributed by atoms with van der Waals surface area (Å²) in [5, 5.41) is 7.00. The van der Waals surface area contributed by atoms with Crippen molar-refractivity contribution in [3.63, 3.8) is 0 Å². The number of alkyl halides is 2. The van der Waals surface area contributed by atoms with Gasteiger partial charge in [0.1, 0.15) is 29.0 Å². The van der Waals surface area contributed by atoms with Gasteiger partial charge < -0.3 is 43.6 Å². The molecule has 0 saturated carbocycles. The Bertz CT molecular complexity index is 6190. The monoisotopic (exact) mass is 2080 g/mol. The average Bonchev–Trinajstić information content (AvgIpc) is 1.14. The number of nitrogens with two attached hydrogens (primary N) is 5. The molecule has 1 aliphatic carbocycles. The van der Waals surface area contributed by atoms with Crippen molar-refractivity contribution in [2.45, 2.75) is 442 Å². The molecule has 28 heteroatoms. The summed E-state index contributed by atoms with van der Waals surface area (Å²) in [5.41, 5.74) is 53.0. The fourth-order valence-electron chi connectivity index (χ4n) is 16.9. The Labute approximate surface area is 905 Å². The minimum Gasteiger partial charge on any atom is -0.497 e. The molecule has 149 heavy (non-hydrogen) atoms. The number of halogens is 2. The van der Waals surface area contributed by atoms with Gasteiger partial charge in [0, 0.05) is 132 Å². The van der Waals surface area contributed by atoms with Gasteiger partial charge in [-0.25, -0.2) is 88.5 Å². The molecule has 10 heterocycles. The SMILES string of the molecule is C.C=C1CC(C)(C)Cc2nc(C(C)(C)C)sc21.C=C1NC(C)(C)Cc2nc(C(C)(C)C)sc21.C=CCc1c(C)nc(N)nc1C(C)(C)C.CC(C)(C)c1ncc(C(C)(F)F)c(N)n1.CCCCCc1nc(C)c(C(C)C)c(C(C)(C)C)n1.COc1ccc2c(C(C)(C)C)nc(CN(C)C)nc2c1.Cc1cc(C(C)(C)C)nc(N)n1.Cc1ccc(Cc2c(C)nc(N)nc2C(C)(C)C)cc1.Cc1nc(N)nc(C(C)(C)C)c1C(C)C. The molecule has 0 unspecified atom stereocenters. The number of aromatic nitrogens is 16. The lowest BCUT2D eigenvalue weighted by Crippen LogP contribution is -2.43. The molecule has 24 nitrogen and oxygen atoms in total. The highest BCUT2D eigenvalue weighted by Gasteiger charge is 2.37. The first-order valence-electron chi connectivity index (χ1n) is 52.1. The number of hydrogen-bond acceptors (Lipinski definition) is 26. The zero-order valence-electron chi connectivity index (χ0n) is 99.6. The van der Waals surface area contributed by atoms with Gasteiger partial charge in [0.15, 0.2) is 0 Å². The van der Waals surface area contributed by atoms with Crippen molar-refractivity contribution >= 4 is 74.5 Å². The summed E-state index contributed by atoms with van der Waals surface area (Å²) in [6, 6.07) is 16.6. The maximum atomic E-state index is 13.0. The number of rotatable bonds is 14. The van der Waals surface area contributed by atoms with Crippen molar-refractivity contribution in [3.05, 3.63) is 231 Å². The average molecular weight is 2090 g/mol. The van der Waals surface area contributed by atoms with Crippen LogP contribution in [0, 0.1) is 47.0 Å². The van der Waals surface area contributed by atoms with Crippen LogP contribution < -0.4 is 38.7 Å². The molecule has 11 aromatic rings. The molecule has 9 aromatic heterocycles. The highest BCUT2D eigenvalue weighted by Crippen LogP contribution is 2.46. The first-order valence-corrected chi connectivity index (χ1v) is 53.7.